The summed E-state index contributed by atoms with van der Waals surface area (Å²) in [5, 5.41) is 0. The highest BCUT2D eigenvalue weighted by Crippen LogP contribution is 2.32. The van der Waals surface area contributed by atoms with E-state index in [0.717, 1.165) is 42.1 Å². The highest BCUT2D eigenvalue weighted by atomic mass is 35.5. The highest BCUT2D eigenvalue weighted by molar-refractivity contribution is 7.20. The second-order valence-electron chi connectivity index (χ2n) is 4.82. The summed E-state index contributed by atoms with van der Waals surface area (Å²) in [6.07, 6.45) is 4.27. The minimum atomic E-state index is 0.213. The molecule has 0 spiro atoms. The summed E-state index contributed by atoms with van der Waals surface area (Å²) in [6.45, 7) is 1.42. The van der Waals surface area contributed by atoms with Gasteiger partial charge >= 0.3 is 0 Å². The van der Waals surface area contributed by atoms with Crippen LogP contribution in [0.15, 0.2) is 6.07 Å². The van der Waals surface area contributed by atoms with Crippen LogP contribution >= 0.6 is 34.5 Å². The lowest BCUT2D eigenvalue weighted by Crippen LogP contribution is -2.39. The van der Waals surface area contributed by atoms with Crippen LogP contribution in [-0.4, -0.2) is 29.9 Å². The fourth-order valence-corrected chi connectivity index (χ4v) is 4.07. The number of halogens is 2. The number of rotatable bonds is 5. The summed E-state index contributed by atoms with van der Waals surface area (Å²) in [5.74, 6) is 0.213. The third-order valence-corrected chi connectivity index (χ3v) is 5.10. The molecule has 1 saturated heterocycles. The van der Waals surface area contributed by atoms with Crippen molar-refractivity contribution < 1.29 is 4.79 Å². The van der Waals surface area contributed by atoms with E-state index in [0.29, 0.717) is 17.3 Å². The third kappa shape index (κ3) is 3.85. The highest BCUT2D eigenvalue weighted by Gasteiger charge is 2.26. The normalized spacial score (nSPS) is 19.1. The van der Waals surface area contributed by atoms with Gasteiger partial charge in [-0.3, -0.25) is 4.79 Å². The van der Waals surface area contributed by atoms with Crippen molar-refractivity contribution in [2.24, 2.45) is 5.73 Å². The molecule has 3 nitrogen and oxygen atoms in total. The Morgan fingerprint density at radius 3 is 2.95 bits per heavy atom. The minimum absolute atomic E-state index is 0.213. The molecular weight excluding hydrogens is 303 g/mol. The number of nitrogens with two attached hydrogens (primary N) is 1. The number of nitrogens with zero attached hydrogens (tertiary/aromatic N) is 1. The quantitative estimate of drug-likeness (QED) is 0.904. The van der Waals surface area contributed by atoms with Crippen molar-refractivity contribution in [1.82, 2.24) is 4.90 Å². The van der Waals surface area contributed by atoms with Gasteiger partial charge < -0.3 is 10.6 Å². The van der Waals surface area contributed by atoms with Gasteiger partial charge in [-0.1, -0.05) is 23.2 Å². The Bertz CT molecular complexity index is 450. The van der Waals surface area contributed by atoms with Crippen LogP contribution in [0.4, 0.5) is 0 Å². The summed E-state index contributed by atoms with van der Waals surface area (Å²) in [5.41, 5.74) is 6.72. The van der Waals surface area contributed by atoms with Crippen molar-refractivity contribution in [1.29, 1.82) is 0 Å². The SMILES string of the molecule is NC[C@@H]1CCCN1C(=O)CCCc1cc(Cl)sc1Cl. The molecule has 0 aliphatic carbocycles. The van der Waals surface area contributed by atoms with Gasteiger partial charge in [0.1, 0.15) is 0 Å². The van der Waals surface area contributed by atoms with E-state index in [1.165, 1.54) is 11.3 Å². The number of likely N-dealkylation sites (tertiary alicyclic amines) is 1. The Labute approximate surface area is 127 Å². The van der Waals surface area contributed by atoms with E-state index >= 15 is 0 Å². The Morgan fingerprint density at radius 1 is 1.53 bits per heavy atom. The lowest BCUT2D eigenvalue weighted by atomic mass is 10.1. The Morgan fingerprint density at radius 2 is 2.32 bits per heavy atom. The van der Waals surface area contributed by atoms with Crippen molar-refractivity contribution in [2.45, 2.75) is 38.1 Å². The first-order chi connectivity index (χ1) is 9.11. The topological polar surface area (TPSA) is 46.3 Å². The second kappa shape index (κ2) is 6.93. The predicted octanol–water partition coefficient (Wildman–Crippen LogP) is 3.33. The van der Waals surface area contributed by atoms with Crippen molar-refractivity contribution >= 4 is 40.4 Å². The van der Waals surface area contributed by atoms with E-state index in [-0.39, 0.29) is 11.9 Å². The monoisotopic (exact) mass is 320 g/mol. The van der Waals surface area contributed by atoms with E-state index in [1.807, 2.05) is 11.0 Å². The molecule has 1 aliphatic rings. The maximum absolute atomic E-state index is 12.1. The maximum Gasteiger partial charge on any atom is 0.222 e. The number of hydrogen-bond donors (Lipinski definition) is 1. The minimum Gasteiger partial charge on any atom is -0.338 e. The van der Waals surface area contributed by atoms with Crippen molar-refractivity contribution in [3.8, 4) is 0 Å². The predicted molar refractivity (Wildman–Crippen MR) is 81.1 cm³/mol. The maximum atomic E-state index is 12.1. The molecule has 2 rings (SSSR count). The molecule has 2 N–H and O–H groups in total. The number of carbonyl (C=O) groups excluding carboxylic acids is 1. The molecule has 1 fully saturated rings. The average molecular weight is 321 g/mol. The molecule has 0 radical (unpaired) electrons. The average Bonchev–Trinajstić information content (AvgIpc) is 2.96. The molecule has 1 aromatic rings. The summed E-state index contributed by atoms with van der Waals surface area (Å²) >= 11 is 13.3. The molecule has 1 aromatic heterocycles. The van der Waals surface area contributed by atoms with E-state index in [9.17, 15) is 4.79 Å². The number of hydrogen-bond acceptors (Lipinski definition) is 3. The Hall–Kier alpha value is -0.290. The lowest BCUT2D eigenvalue weighted by molar-refractivity contribution is -0.131. The summed E-state index contributed by atoms with van der Waals surface area (Å²) in [7, 11) is 0. The molecule has 6 heteroatoms. The molecule has 1 aliphatic heterocycles. The van der Waals surface area contributed by atoms with Crippen LogP contribution in [0.5, 0.6) is 0 Å². The van der Waals surface area contributed by atoms with Crippen LogP contribution in [0.3, 0.4) is 0 Å². The Balaban J connectivity index is 1.79. The summed E-state index contributed by atoms with van der Waals surface area (Å²) in [6, 6.07) is 2.13. The van der Waals surface area contributed by atoms with Gasteiger partial charge in [-0.15, -0.1) is 11.3 Å². The second-order valence-corrected chi connectivity index (χ2v) is 7.11. The van der Waals surface area contributed by atoms with Gasteiger partial charge in [-0.05, 0) is 37.3 Å². The summed E-state index contributed by atoms with van der Waals surface area (Å²) < 4.78 is 1.44. The van der Waals surface area contributed by atoms with Gasteiger partial charge in [0.05, 0.1) is 8.67 Å². The fraction of sp³-hybridized carbons (Fsp3) is 0.615. The van der Waals surface area contributed by atoms with Crippen LogP contribution < -0.4 is 5.73 Å². The molecular formula is C13H18Cl2N2OS. The first kappa shape index (κ1) is 15.1. The lowest BCUT2D eigenvalue weighted by Gasteiger charge is -2.23. The van der Waals surface area contributed by atoms with E-state index in [4.69, 9.17) is 28.9 Å². The van der Waals surface area contributed by atoms with Gasteiger partial charge in [0.2, 0.25) is 5.91 Å². The van der Waals surface area contributed by atoms with Crippen LogP contribution in [0.1, 0.15) is 31.2 Å². The van der Waals surface area contributed by atoms with E-state index in [2.05, 4.69) is 0 Å². The van der Waals surface area contributed by atoms with Gasteiger partial charge in [0, 0.05) is 25.6 Å². The molecule has 1 atom stereocenters. The first-order valence-electron chi connectivity index (χ1n) is 6.55. The Kier molecular flexibility index (Phi) is 5.51. The largest absolute Gasteiger partial charge is 0.338 e. The van der Waals surface area contributed by atoms with Crippen LogP contribution in [0.25, 0.3) is 0 Å². The number of aryl methyl sites for hydroxylation is 1. The molecule has 106 valence electrons. The molecule has 0 unspecified atom stereocenters. The molecule has 0 bridgehead atoms. The number of amides is 1. The number of thiophene rings is 1. The van der Waals surface area contributed by atoms with Gasteiger partial charge in [0.25, 0.3) is 0 Å². The van der Waals surface area contributed by atoms with Gasteiger partial charge in [-0.2, -0.15) is 0 Å². The molecule has 0 aromatic carbocycles. The standard InChI is InChI=1S/C13H18Cl2N2OS/c14-11-7-9(13(15)19-11)3-1-5-12(18)17-6-2-4-10(17)8-16/h7,10H,1-6,8,16H2/t10-/m0/s1. The van der Waals surface area contributed by atoms with Crippen molar-refractivity contribution in [3.63, 3.8) is 0 Å². The zero-order valence-electron chi connectivity index (χ0n) is 10.7. The third-order valence-electron chi connectivity index (χ3n) is 3.53. The van der Waals surface area contributed by atoms with Gasteiger partial charge in [0.15, 0.2) is 0 Å². The van der Waals surface area contributed by atoms with Crippen LogP contribution in [-0.2, 0) is 11.2 Å². The van der Waals surface area contributed by atoms with Crippen molar-refractivity contribution in [3.05, 3.63) is 20.3 Å². The fourth-order valence-electron chi connectivity index (χ4n) is 2.53. The first-order valence-corrected chi connectivity index (χ1v) is 8.12. The zero-order valence-corrected chi connectivity index (χ0v) is 13.0. The molecule has 2 heterocycles. The molecule has 19 heavy (non-hydrogen) atoms. The molecule has 0 saturated carbocycles. The van der Waals surface area contributed by atoms with E-state index < -0.39 is 0 Å². The van der Waals surface area contributed by atoms with Crippen LogP contribution in [0.2, 0.25) is 8.67 Å². The van der Waals surface area contributed by atoms with Crippen molar-refractivity contribution in [2.75, 3.05) is 13.1 Å². The van der Waals surface area contributed by atoms with Gasteiger partial charge in [-0.25, -0.2) is 0 Å². The summed E-state index contributed by atoms with van der Waals surface area (Å²) in [4.78, 5) is 14.0. The smallest absolute Gasteiger partial charge is 0.222 e. The van der Waals surface area contributed by atoms with Crippen LogP contribution in [0, 0.1) is 0 Å². The molecule has 1 amide bonds. The number of carbonyl (C=O) groups is 1. The van der Waals surface area contributed by atoms with E-state index in [1.54, 1.807) is 0 Å². The zero-order chi connectivity index (χ0) is 13.8.